The summed E-state index contributed by atoms with van der Waals surface area (Å²) in [6.07, 6.45) is 2.73. The number of anilines is 1. The van der Waals surface area contributed by atoms with E-state index in [1.165, 1.54) is 10.4 Å². The van der Waals surface area contributed by atoms with Crippen LogP contribution in [0, 0.1) is 0 Å². The van der Waals surface area contributed by atoms with E-state index in [9.17, 15) is 13.2 Å². The predicted molar refractivity (Wildman–Crippen MR) is 97.1 cm³/mol. The van der Waals surface area contributed by atoms with E-state index in [0.717, 1.165) is 19.3 Å². The Bertz CT molecular complexity index is 720. The van der Waals surface area contributed by atoms with Crippen LogP contribution in [-0.4, -0.2) is 43.9 Å². The van der Waals surface area contributed by atoms with Gasteiger partial charge in [0.1, 0.15) is 10.6 Å². The highest BCUT2D eigenvalue weighted by atomic mass is 32.2. The molecule has 0 atom stereocenters. The number of hydrogen-bond acceptors (Lipinski definition) is 5. The zero-order valence-corrected chi connectivity index (χ0v) is 15.9. The third-order valence-electron chi connectivity index (χ3n) is 4.02. The molecule has 0 unspecified atom stereocenters. The summed E-state index contributed by atoms with van der Waals surface area (Å²) in [4.78, 5) is 12.2. The molecule has 0 radical (unpaired) electrons. The topological polar surface area (TPSA) is 102 Å². The fourth-order valence-corrected chi connectivity index (χ4v) is 4.27. The zero-order valence-electron chi connectivity index (χ0n) is 15.0. The molecule has 0 saturated carbocycles. The Morgan fingerprint density at radius 3 is 2.48 bits per heavy atom. The highest BCUT2D eigenvalue weighted by molar-refractivity contribution is 7.89. The van der Waals surface area contributed by atoms with Crippen molar-refractivity contribution in [1.29, 1.82) is 0 Å². The SMILES string of the molecule is CCOc1ccc(NC(=O)C(C)(C)N)cc1S(=O)(=O)N1CCCCC1. The Balaban J connectivity index is 2.39. The summed E-state index contributed by atoms with van der Waals surface area (Å²) in [6.45, 7) is 6.32. The molecule has 1 aliphatic rings. The fourth-order valence-electron chi connectivity index (χ4n) is 2.60. The number of piperidine rings is 1. The number of amides is 1. The van der Waals surface area contributed by atoms with Crippen molar-refractivity contribution in [1.82, 2.24) is 4.31 Å². The minimum Gasteiger partial charge on any atom is -0.492 e. The minimum absolute atomic E-state index is 0.0730. The van der Waals surface area contributed by atoms with E-state index in [2.05, 4.69) is 5.32 Å². The maximum Gasteiger partial charge on any atom is 0.246 e. The van der Waals surface area contributed by atoms with Gasteiger partial charge in [0.25, 0.3) is 0 Å². The number of hydrogen-bond donors (Lipinski definition) is 2. The van der Waals surface area contributed by atoms with Gasteiger partial charge in [-0.3, -0.25) is 4.79 Å². The monoisotopic (exact) mass is 369 g/mol. The second-order valence-corrected chi connectivity index (χ2v) is 8.64. The standard InChI is InChI=1S/C17H27N3O4S/c1-4-24-14-9-8-13(19-16(21)17(2,3)18)12-15(14)25(22,23)20-10-6-5-7-11-20/h8-9,12H,4-7,10-11,18H2,1-3H3,(H,19,21). The lowest BCUT2D eigenvalue weighted by atomic mass is 10.1. The molecule has 1 saturated heterocycles. The van der Waals surface area contributed by atoms with E-state index in [-0.39, 0.29) is 10.6 Å². The lowest BCUT2D eigenvalue weighted by Crippen LogP contribution is -2.45. The lowest BCUT2D eigenvalue weighted by molar-refractivity contribution is -0.120. The van der Waals surface area contributed by atoms with Gasteiger partial charge in [-0.2, -0.15) is 4.31 Å². The van der Waals surface area contributed by atoms with Crippen molar-refractivity contribution in [3.63, 3.8) is 0 Å². The molecule has 1 fully saturated rings. The van der Waals surface area contributed by atoms with Crippen LogP contribution in [0.2, 0.25) is 0 Å². The smallest absolute Gasteiger partial charge is 0.246 e. The number of carbonyl (C=O) groups is 1. The molecular formula is C17H27N3O4S. The summed E-state index contributed by atoms with van der Waals surface area (Å²) in [5.41, 5.74) is 5.09. The molecule has 7 nitrogen and oxygen atoms in total. The number of sulfonamides is 1. The van der Waals surface area contributed by atoms with Crippen LogP contribution >= 0.6 is 0 Å². The molecule has 0 spiro atoms. The predicted octanol–water partition coefficient (Wildman–Crippen LogP) is 1.94. The van der Waals surface area contributed by atoms with Crippen LogP contribution in [0.3, 0.4) is 0 Å². The Morgan fingerprint density at radius 1 is 1.28 bits per heavy atom. The maximum atomic E-state index is 13.0. The number of ether oxygens (including phenoxy) is 1. The second kappa shape index (κ2) is 7.72. The summed E-state index contributed by atoms with van der Waals surface area (Å²) in [5, 5.41) is 2.66. The van der Waals surface area contributed by atoms with Gasteiger partial charge in [0.05, 0.1) is 12.1 Å². The molecule has 0 aromatic heterocycles. The van der Waals surface area contributed by atoms with Crippen molar-refractivity contribution >= 4 is 21.6 Å². The van der Waals surface area contributed by atoms with Gasteiger partial charge in [-0.05, 0) is 51.8 Å². The van der Waals surface area contributed by atoms with Gasteiger partial charge in [-0.25, -0.2) is 8.42 Å². The third-order valence-corrected chi connectivity index (χ3v) is 5.94. The third kappa shape index (κ3) is 4.71. The molecule has 25 heavy (non-hydrogen) atoms. The van der Waals surface area contributed by atoms with Crippen LogP contribution in [0.1, 0.15) is 40.0 Å². The minimum atomic E-state index is -3.68. The Morgan fingerprint density at radius 2 is 1.92 bits per heavy atom. The maximum absolute atomic E-state index is 13.0. The Kier molecular flexibility index (Phi) is 6.08. The van der Waals surface area contributed by atoms with Gasteiger partial charge >= 0.3 is 0 Å². The Labute approximate surface area is 149 Å². The van der Waals surface area contributed by atoms with Crippen LogP contribution in [-0.2, 0) is 14.8 Å². The van der Waals surface area contributed by atoms with Gasteiger partial charge in [-0.1, -0.05) is 6.42 Å². The first-order chi connectivity index (χ1) is 11.7. The normalized spacial score (nSPS) is 16.5. The highest BCUT2D eigenvalue weighted by Gasteiger charge is 2.30. The van der Waals surface area contributed by atoms with Crippen molar-refractivity contribution in [2.45, 2.75) is 50.5 Å². The molecule has 8 heteroatoms. The molecule has 1 amide bonds. The van der Waals surface area contributed by atoms with Crippen molar-refractivity contribution in [2.75, 3.05) is 25.0 Å². The number of benzene rings is 1. The first kappa shape index (κ1) is 19.7. The zero-order chi connectivity index (χ0) is 18.7. The largest absolute Gasteiger partial charge is 0.492 e. The summed E-state index contributed by atoms with van der Waals surface area (Å²) < 4.78 is 33.0. The van der Waals surface area contributed by atoms with Crippen LogP contribution in [0.25, 0.3) is 0 Å². The van der Waals surface area contributed by atoms with E-state index in [1.807, 2.05) is 0 Å². The summed E-state index contributed by atoms with van der Waals surface area (Å²) in [5.74, 6) is -0.101. The number of nitrogens with one attached hydrogen (secondary N) is 1. The molecule has 2 rings (SSSR count). The summed E-state index contributed by atoms with van der Waals surface area (Å²) in [7, 11) is -3.68. The second-order valence-electron chi connectivity index (χ2n) is 6.74. The van der Waals surface area contributed by atoms with Gasteiger partial charge in [0, 0.05) is 18.8 Å². The van der Waals surface area contributed by atoms with E-state index >= 15 is 0 Å². The number of rotatable bonds is 6. The van der Waals surface area contributed by atoms with Gasteiger partial charge in [0.2, 0.25) is 15.9 Å². The molecule has 1 aliphatic heterocycles. The van der Waals surface area contributed by atoms with Crippen molar-refractivity contribution in [2.24, 2.45) is 5.73 Å². The van der Waals surface area contributed by atoms with Gasteiger partial charge in [-0.15, -0.1) is 0 Å². The number of nitrogens with zero attached hydrogens (tertiary/aromatic N) is 1. The molecule has 0 bridgehead atoms. The average molecular weight is 369 g/mol. The number of carbonyl (C=O) groups excluding carboxylic acids is 1. The first-order valence-corrected chi connectivity index (χ1v) is 9.97. The molecule has 1 heterocycles. The van der Waals surface area contributed by atoms with Crippen LogP contribution < -0.4 is 15.8 Å². The van der Waals surface area contributed by atoms with E-state index in [0.29, 0.717) is 25.4 Å². The van der Waals surface area contributed by atoms with Gasteiger partial charge in [0.15, 0.2) is 0 Å². The van der Waals surface area contributed by atoms with E-state index < -0.39 is 21.5 Å². The molecule has 0 aliphatic carbocycles. The fraction of sp³-hybridized carbons (Fsp3) is 0.588. The number of nitrogens with two attached hydrogens (primary N) is 1. The van der Waals surface area contributed by atoms with Gasteiger partial charge < -0.3 is 15.8 Å². The van der Waals surface area contributed by atoms with Crippen molar-refractivity contribution in [3.05, 3.63) is 18.2 Å². The average Bonchev–Trinajstić information content (AvgIpc) is 2.56. The van der Waals surface area contributed by atoms with E-state index in [1.54, 1.807) is 32.9 Å². The lowest BCUT2D eigenvalue weighted by Gasteiger charge is -2.27. The quantitative estimate of drug-likeness (QED) is 0.798. The van der Waals surface area contributed by atoms with Crippen molar-refractivity contribution < 1.29 is 17.9 Å². The first-order valence-electron chi connectivity index (χ1n) is 8.53. The Hall–Kier alpha value is -1.64. The van der Waals surface area contributed by atoms with Crippen molar-refractivity contribution in [3.8, 4) is 5.75 Å². The summed E-state index contributed by atoms with van der Waals surface area (Å²) >= 11 is 0. The van der Waals surface area contributed by atoms with Crippen LogP contribution in [0.4, 0.5) is 5.69 Å². The molecule has 1 aromatic rings. The summed E-state index contributed by atoms with van der Waals surface area (Å²) in [6, 6.07) is 4.63. The molecular weight excluding hydrogens is 342 g/mol. The highest BCUT2D eigenvalue weighted by Crippen LogP contribution is 2.31. The van der Waals surface area contributed by atoms with Crippen LogP contribution in [0.5, 0.6) is 5.75 Å². The molecule has 1 aromatic carbocycles. The molecule has 140 valence electrons. The van der Waals surface area contributed by atoms with Crippen LogP contribution in [0.15, 0.2) is 23.1 Å². The molecule has 3 N–H and O–H groups in total. The van der Waals surface area contributed by atoms with E-state index in [4.69, 9.17) is 10.5 Å².